The van der Waals surface area contributed by atoms with E-state index in [1.807, 2.05) is 0 Å². The summed E-state index contributed by atoms with van der Waals surface area (Å²) in [5.74, 6) is 0. The molecule has 0 unspecified atom stereocenters. The number of hydrogen-bond donors (Lipinski definition) is 0. The van der Waals surface area contributed by atoms with Gasteiger partial charge in [-0.15, -0.1) is 0 Å². The summed E-state index contributed by atoms with van der Waals surface area (Å²) in [6.07, 6.45) is 0. The van der Waals surface area contributed by atoms with Gasteiger partial charge in [0.05, 0.1) is 15.3 Å². The topological polar surface area (TPSA) is 199 Å². The van der Waals surface area contributed by atoms with Crippen molar-refractivity contribution in [3.05, 3.63) is 46.0 Å². The largest absolute Gasteiger partial charge is 1.00 e. The van der Waals surface area contributed by atoms with Crippen molar-refractivity contribution >= 4 is 0 Å². The predicted molar refractivity (Wildman–Crippen MR) is 33.3 cm³/mol. The summed E-state index contributed by atoms with van der Waals surface area (Å²) in [7, 11) is 0. The molecule has 0 spiro atoms. The standard InChI is InChI=1S/Cs.3NO3/c;3*2-1(3)4/q+1;3*-1/p+2. The molecule has 0 saturated carbocycles. The molecular weight excluding hydrogens is 319 g/mol. The van der Waals surface area contributed by atoms with Gasteiger partial charge >= 0.3 is 71.7 Å². The van der Waals surface area contributed by atoms with Gasteiger partial charge < -0.3 is 46.0 Å². The molecule has 0 bridgehead atoms. The van der Waals surface area contributed by atoms with E-state index in [9.17, 15) is 0 Å². The number of nitrogens with zero attached hydrogens (tertiary/aromatic N) is 3. The Kier molecular flexibility index (Phi) is 31.2. The fourth-order valence-electron chi connectivity index (χ4n) is 0. The van der Waals surface area contributed by atoms with Gasteiger partial charge in [-0.1, -0.05) is 0 Å². The second-order valence-electron chi connectivity index (χ2n) is 0.671. The van der Waals surface area contributed by atoms with Crippen molar-refractivity contribution in [2.24, 2.45) is 0 Å². The molecule has 0 aromatic heterocycles. The van der Waals surface area contributed by atoms with Crippen molar-refractivity contribution in [2.75, 3.05) is 0 Å². The third-order valence-electron chi connectivity index (χ3n) is 0. The molecule has 13 heteroatoms. The van der Waals surface area contributed by atoms with Gasteiger partial charge in [-0.05, 0) is 0 Å². The quantitative estimate of drug-likeness (QED) is 0.321. The van der Waals surface area contributed by atoms with Crippen LogP contribution in [-0.2, 0) is 0 Å². The third-order valence-corrected chi connectivity index (χ3v) is 0. The van der Waals surface area contributed by atoms with E-state index in [1.54, 1.807) is 0 Å². The molecular formula is H2CsN3O9. The van der Waals surface area contributed by atoms with E-state index >= 15 is 0 Å². The molecule has 0 aromatic carbocycles. The Balaban J connectivity index is -0.0000000184. The summed E-state index contributed by atoms with van der Waals surface area (Å²) in [5, 5.41) is 44.2. The fraction of sp³-hybridized carbons (Fsp3) is 0. The van der Waals surface area contributed by atoms with Crippen molar-refractivity contribution in [1.29, 1.82) is 0 Å². The van der Waals surface area contributed by atoms with Crippen LogP contribution < -0.4 is 68.9 Å². The molecule has 0 atom stereocenters. The maximum atomic E-state index is 8.25. The Morgan fingerprint density at radius 3 is 0.615 bits per heavy atom. The van der Waals surface area contributed by atoms with E-state index in [0.717, 1.165) is 0 Å². The Morgan fingerprint density at radius 1 is 0.615 bits per heavy atom. The van der Waals surface area contributed by atoms with E-state index in [-0.39, 0.29) is 71.7 Å². The van der Waals surface area contributed by atoms with Crippen LogP contribution in [0.5, 0.6) is 0 Å². The van der Waals surface area contributed by atoms with Crippen LogP contribution in [0.2, 0.25) is 0 Å². The Morgan fingerprint density at radius 2 is 0.615 bits per heavy atom. The van der Waals surface area contributed by atoms with Crippen molar-refractivity contribution in [2.45, 2.75) is 0 Å². The van der Waals surface area contributed by atoms with Crippen molar-refractivity contribution in [1.82, 2.24) is 0 Å². The molecule has 0 aliphatic rings. The summed E-state index contributed by atoms with van der Waals surface area (Å²) in [6, 6.07) is 0. The molecule has 0 aromatic rings. The first kappa shape index (κ1) is 22.9. The predicted octanol–water partition coefficient (Wildman–Crippen LogP) is -3.49. The maximum Gasteiger partial charge on any atom is 1.00 e. The molecule has 0 rings (SSSR count). The first-order valence-electron chi connectivity index (χ1n) is 1.64. The van der Waals surface area contributed by atoms with Crippen LogP contribution in [-0.4, -0.2) is 15.3 Å². The van der Waals surface area contributed by atoms with Gasteiger partial charge in [0, 0.05) is 0 Å². The molecule has 12 nitrogen and oxygen atoms in total. The minimum Gasteiger partial charge on any atom is -0.356 e. The summed E-state index contributed by atoms with van der Waals surface area (Å²) in [5.41, 5.74) is 0. The van der Waals surface area contributed by atoms with E-state index < -0.39 is 15.3 Å². The Hall–Kier alpha value is -0.348. The van der Waals surface area contributed by atoms with E-state index in [0.29, 0.717) is 0 Å². The molecule has 72 valence electrons. The Labute approximate surface area is 131 Å². The Bertz CT molecular complexity index is 121. The van der Waals surface area contributed by atoms with Gasteiger partial charge in [0.1, 0.15) is 0 Å². The van der Waals surface area contributed by atoms with Crippen LogP contribution >= 0.6 is 0 Å². The fourth-order valence-corrected chi connectivity index (χ4v) is 0. The van der Waals surface area contributed by atoms with Gasteiger partial charge in [-0.25, -0.2) is 0 Å². The van der Waals surface area contributed by atoms with Gasteiger partial charge in [0.15, 0.2) is 0 Å². The molecule has 13 heavy (non-hydrogen) atoms. The van der Waals surface area contributed by atoms with Crippen LogP contribution in [0.1, 0.15) is 2.85 Å². The van der Waals surface area contributed by atoms with Gasteiger partial charge in [-0.3, -0.25) is 0 Å². The van der Waals surface area contributed by atoms with Crippen LogP contribution in [0.4, 0.5) is 0 Å². The van der Waals surface area contributed by atoms with Crippen molar-refractivity contribution < 1.29 is 87.0 Å². The number of rotatable bonds is 0. The second-order valence-corrected chi connectivity index (χ2v) is 0.671. The second kappa shape index (κ2) is 17.7. The summed E-state index contributed by atoms with van der Waals surface area (Å²) in [4.78, 5) is 24.8. The minimum absolute atomic E-state index is 0. The monoisotopic (exact) mass is 321 g/mol. The van der Waals surface area contributed by atoms with Crippen molar-refractivity contribution in [3.63, 3.8) is 0 Å². The number of hydrogen-bond acceptors (Lipinski definition) is 9. The summed E-state index contributed by atoms with van der Waals surface area (Å²) >= 11 is 0. The normalized spacial score (nSPS) is 5.54. The molecule has 0 saturated heterocycles. The first-order valence-corrected chi connectivity index (χ1v) is 1.64. The third kappa shape index (κ3) is 8960. The van der Waals surface area contributed by atoms with Crippen LogP contribution in [0, 0.1) is 46.0 Å². The average Bonchev–Trinajstić information content (AvgIpc) is 1.54. The van der Waals surface area contributed by atoms with Crippen LogP contribution in [0.15, 0.2) is 0 Å². The molecule has 0 radical (unpaired) electrons. The molecule has 0 amide bonds. The van der Waals surface area contributed by atoms with Crippen molar-refractivity contribution in [3.8, 4) is 0 Å². The van der Waals surface area contributed by atoms with E-state index in [4.69, 9.17) is 46.0 Å². The SMILES string of the molecule is O=[N+]([O-])[O-].O=[N+]([O-])[O-].O=[N+]([O-])[O-].[Cs+].[H+].[H+]. The zero-order valence-corrected chi connectivity index (χ0v) is 12.3. The first-order chi connectivity index (χ1) is 5.20. The van der Waals surface area contributed by atoms with E-state index in [1.165, 1.54) is 0 Å². The molecule has 0 aliphatic heterocycles. The summed E-state index contributed by atoms with van der Waals surface area (Å²) < 4.78 is 0. The van der Waals surface area contributed by atoms with Crippen LogP contribution in [0.3, 0.4) is 0 Å². The van der Waals surface area contributed by atoms with Gasteiger partial charge in [-0.2, -0.15) is 0 Å². The maximum absolute atomic E-state index is 8.25. The van der Waals surface area contributed by atoms with Gasteiger partial charge in [0.2, 0.25) is 0 Å². The van der Waals surface area contributed by atoms with Gasteiger partial charge in [0.25, 0.3) is 0 Å². The molecule has 0 heterocycles. The minimum atomic E-state index is -1.75. The zero-order chi connectivity index (χ0) is 10.7. The zero-order valence-electron chi connectivity index (χ0n) is 8.02. The summed E-state index contributed by atoms with van der Waals surface area (Å²) in [6.45, 7) is 0. The molecule has 0 aliphatic carbocycles. The van der Waals surface area contributed by atoms with Crippen LogP contribution in [0.25, 0.3) is 0 Å². The average molecular weight is 321 g/mol. The van der Waals surface area contributed by atoms with E-state index in [2.05, 4.69) is 0 Å². The molecule has 0 fully saturated rings. The molecule has 0 N–H and O–H groups in total. The smallest absolute Gasteiger partial charge is 0.356 e.